The lowest BCUT2D eigenvalue weighted by Crippen LogP contribution is -2.34. The van der Waals surface area contributed by atoms with E-state index in [2.05, 4.69) is 54.4 Å². The van der Waals surface area contributed by atoms with Crippen LogP contribution in [0.5, 0.6) is 0 Å². The van der Waals surface area contributed by atoms with Crippen LogP contribution < -0.4 is 4.57 Å². The largest absolute Gasteiger partial charge is 0.287 e. The molecule has 0 saturated carbocycles. The fourth-order valence-electron chi connectivity index (χ4n) is 2.48. The summed E-state index contributed by atoms with van der Waals surface area (Å²) >= 11 is 0. The topological polar surface area (TPSA) is 29.7 Å². The van der Waals surface area contributed by atoms with Gasteiger partial charge in [-0.1, -0.05) is 25.8 Å². The third kappa shape index (κ3) is 1.62. The standard InChI is InChI=1S/C15H18N3/c1-10-14-11(5-6-16-10)8-18-9-17-13(7-12(14)18)15(2,3)4/h5-7,9H,8H2,1-4H3/q+1. The first-order valence-electron chi connectivity index (χ1n) is 6.31. The zero-order chi connectivity index (χ0) is 12.9. The molecule has 1 aliphatic rings. The Bertz CT molecular complexity index is 624. The second-order valence-corrected chi connectivity index (χ2v) is 5.97. The van der Waals surface area contributed by atoms with Gasteiger partial charge in [-0.2, -0.15) is 0 Å². The summed E-state index contributed by atoms with van der Waals surface area (Å²) in [4.78, 5) is 8.98. The average molecular weight is 240 g/mol. The molecule has 0 spiro atoms. The van der Waals surface area contributed by atoms with Crippen molar-refractivity contribution < 1.29 is 4.57 Å². The Hall–Kier alpha value is -1.77. The van der Waals surface area contributed by atoms with Gasteiger partial charge in [0.15, 0.2) is 5.69 Å². The van der Waals surface area contributed by atoms with Gasteiger partial charge in [0.05, 0.1) is 0 Å². The molecule has 0 bridgehead atoms. The molecule has 3 nitrogen and oxygen atoms in total. The fraction of sp³-hybridized carbons (Fsp3) is 0.400. The third-order valence-corrected chi connectivity index (χ3v) is 3.51. The molecule has 2 aromatic heterocycles. The van der Waals surface area contributed by atoms with Gasteiger partial charge in [-0.05, 0) is 13.0 Å². The predicted octanol–water partition coefficient (Wildman–Crippen LogP) is 2.40. The first-order valence-corrected chi connectivity index (χ1v) is 6.31. The Labute approximate surface area is 108 Å². The Morgan fingerprint density at radius 2 is 2.00 bits per heavy atom. The highest BCUT2D eigenvalue weighted by molar-refractivity contribution is 5.65. The first kappa shape index (κ1) is 11.3. The van der Waals surface area contributed by atoms with E-state index in [4.69, 9.17) is 0 Å². The summed E-state index contributed by atoms with van der Waals surface area (Å²) in [5.41, 5.74) is 6.18. The van der Waals surface area contributed by atoms with Crippen LogP contribution in [0.4, 0.5) is 0 Å². The van der Waals surface area contributed by atoms with Crippen molar-refractivity contribution in [2.24, 2.45) is 0 Å². The van der Waals surface area contributed by atoms with E-state index in [0.29, 0.717) is 0 Å². The molecule has 3 heterocycles. The van der Waals surface area contributed by atoms with Crippen molar-refractivity contribution in [3.05, 3.63) is 41.6 Å². The van der Waals surface area contributed by atoms with Crippen molar-refractivity contribution in [3.63, 3.8) is 0 Å². The second kappa shape index (κ2) is 3.61. The molecular weight excluding hydrogens is 222 g/mol. The molecule has 0 saturated heterocycles. The highest BCUT2D eigenvalue weighted by Crippen LogP contribution is 2.30. The molecule has 1 aliphatic heterocycles. The molecule has 3 rings (SSSR count). The van der Waals surface area contributed by atoms with E-state index >= 15 is 0 Å². The van der Waals surface area contributed by atoms with Crippen molar-refractivity contribution in [1.82, 2.24) is 9.97 Å². The van der Waals surface area contributed by atoms with E-state index in [1.807, 2.05) is 12.5 Å². The first-order chi connectivity index (χ1) is 8.47. The quantitative estimate of drug-likeness (QED) is 0.565. The fourth-order valence-corrected chi connectivity index (χ4v) is 2.48. The van der Waals surface area contributed by atoms with Crippen LogP contribution in [-0.2, 0) is 12.0 Å². The minimum absolute atomic E-state index is 0.0778. The molecular formula is C15H18N3+. The number of hydrogen-bond acceptors (Lipinski definition) is 2. The van der Waals surface area contributed by atoms with Gasteiger partial charge in [0.25, 0.3) is 6.33 Å². The van der Waals surface area contributed by atoms with E-state index < -0.39 is 0 Å². The smallest absolute Gasteiger partial charge is 0.261 e. The number of hydrogen-bond donors (Lipinski definition) is 0. The summed E-state index contributed by atoms with van der Waals surface area (Å²) in [6, 6.07) is 4.31. The highest BCUT2D eigenvalue weighted by Gasteiger charge is 2.29. The molecule has 0 unspecified atom stereocenters. The van der Waals surface area contributed by atoms with Crippen molar-refractivity contribution in [1.29, 1.82) is 0 Å². The van der Waals surface area contributed by atoms with Gasteiger partial charge in [-0.15, -0.1) is 0 Å². The lowest BCUT2D eigenvalue weighted by Gasteiger charge is -2.13. The highest BCUT2D eigenvalue weighted by atomic mass is 15.0. The molecule has 0 N–H and O–H groups in total. The minimum atomic E-state index is 0.0778. The van der Waals surface area contributed by atoms with Crippen LogP contribution in [0.3, 0.4) is 0 Å². The number of pyridine rings is 1. The molecule has 0 amide bonds. The third-order valence-electron chi connectivity index (χ3n) is 3.51. The van der Waals surface area contributed by atoms with Gasteiger partial charge in [0, 0.05) is 34.5 Å². The van der Waals surface area contributed by atoms with Gasteiger partial charge in [-0.25, -0.2) is 4.57 Å². The Kier molecular flexibility index (Phi) is 2.27. The minimum Gasteiger partial charge on any atom is -0.261 e. The average Bonchev–Trinajstić information content (AvgIpc) is 2.66. The van der Waals surface area contributed by atoms with Crippen LogP contribution in [0.25, 0.3) is 11.3 Å². The summed E-state index contributed by atoms with van der Waals surface area (Å²) in [5.74, 6) is 0. The molecule has 92 valence electrons. The number of fused-ring (bicyclic) bond motifs is 3. The summed E-state index contributed by atoms with van der Waals surface area (Å²) in [6.45, 7) is 9.56. The molecule has 0 atom stereocenters. The summed E-state index contributed by atoms with van der Waals surface area (Å²) in [5, 5.41) is 0. The number of aromatic nitrogens is 3. The van der Waals surface area contributed by atoms with Crippen molar-refractivity contribution in [2.45, 2.75) is 39.7 Å². The maximum Gasteiger partial charge on any atom is 0.287 e. The maximum absolute atomic E-state index is 4.58. The van der Waals surface area contributed by atoms with Crippen molar-refractivity contribution >= 4 is 0 Å². The van der Waals surface area contributed by atoms with Crippen molar-refractivity contribution in [3.8, 4) is 11.3 Å². The van der Waals surface area contributed by atoms with E-state index in [9.17, 15) is 0 Å². The Balaban J connectivity index is 2.23. The van der Waals surface area contributed by atoms with Crippen LogP contribution in [0.1, 0.15) is 37.7 Å². The van der Waals surface area contributed by atoms with E-state index in [1.165, 1.54) is 16.8 Å². The number of aryl methyl sites for hydroxylation is 1. The Morgan fingerprint density at radius 3 is 2.72 bits per heavy atom. The summed E-state index contributed by atoms with van der Waals surface area (Å²) in [6.07, 6.45) is 3.84. The zero-order valence-electron chi connectivity index (χ0n) is 11.4. The lowest BCUT2D eigenvalue weighted by molar-refractivity contribution is -0.675. The van der Waals surface area contributed by atoms with Gasteiger partial charge < -0.3 is 0 Å². The molecule has 2 aromatic rings. The van der Waals surface area contributed by atoms with Gasteiger partial charge in [0.1, 0.15) is 12.2 Å². The van der Waals surface area contributed by atoms with E-state index in [-0.39, 0.29) is 5.41 Å². The SMILES string of the molecule is Cc1nccc2c1-c1cc(C(C)(C)C)nc[n+]1C2. The van der Waals surface area contributed by atoms with Crippen LogP contribution in [-0.4, -0.2) is 9.97 Å². The maximum atomic E-state index is 4.58. The van der Waals surface area contributed by atoms with Crippen LogP contribution in [0.15, 0.2) is 24.7 Å². The Morgan fingerprint density at radius 1 is 1.22 bits per heavy atom. The van der Waals surface area contributed by atoms with Crippen molar-refractivity contribution in [2.75, 3.05) is 0 Å². The van der Waals surface area contributed by atoms with Crippen LogP contribution >= 0.6 is 0 Å². The lowest BCUT2D eigenvalue weighted by atomic mass is 9.91. The summed E-state index contributed by atoms with van der Waals surface area (Å²) in [7, 11) is 0. The van der Waals surface area contributed by atoms with Crippen LogP contribution in [0.2, 0.25) is 0 Å². The van der Waals surface area contributed by atoms with Gasteiger partial charge in [0.2, 0.25) is 0 Å². The monoisotopic (exact) mass is 240 g/mol. The second-order valence-electron chi connectivity index (χ2n) is 5.97. The van der Waals surface area contributed by atoms with Gasteiger partial charge >= 0.3 is 0 Å². The van der Waals surface area contributed by atoms with E-state index in [1.54, 1.807) is 0 Å². The van der Waals surface area contributed by atoms with Crippen LogP contribution in [0, 0.1) is 6.92 Å². The normalized spacial score (nSPS) is 13.3. The molecule has 0 radical (unpaired) electrons. The zero-order valence-corrected chi connectivity index (χ0v) is 11.4. The van der Waals surface area contributed by atoms with E-state index in [0.717, 1.165) is 17.9 Å². The molecule has 0 fully saturated rings. The molecule has 0 aliphatic carbocycles. The predicted molar refractivity (Wildman–Crippen MR) is 70.2 cm³/mol. The number of nitrogens with zero attached hydrogens (tertiary/aromatic N) is 3. The molecule has 3 heteroatoms. The number of rotatable bonds is 0. The van der Waals surface area contributed by atoms with Gasteiger partial charge in [-0.3, -0.25) is 4.98 Å². The molecule has 0 aromatic carbocycles. The molecule has 18 heavy (non-hydrogen) atoms. The summed E-state index contributed by atoms with van der Waals surface area (Å²) < 4.78 is 2.20.